The maximum absolute atomic E-state index is 12.8. The van der Waals surface area contributed by atoms with E-state index in [1.165, 1.54) is 12.8 Å². The summed E-state index contributed by atoms with van der Waals surface area (Å²) < 4.78 is 11.6. The first-order valence-corrected chi connectivity index (χ1v) is 10.3. The summed E-state index contributed by atoms with van der Waals surface area (Å²) in [6.45, 7) is 6.19. The van der Waals surface area contributed by atoms with Crippen LogP contribution in [0.3, 0.4) is 0 Å². The number of carbonyl (C=O) groups excluding carboxylic acids is 1. The second-order valence-corrected chi connectivity index (χ2v) is 8.51. The van der Waals surface area contributed by atoms with Gasteiger partial charge in [-0.25, -0.2) is 0 Å². The Hall–Kier alpha value is -2.79. The number of nitrogens with one attached hydrogen (secondary N) is 1. The van der Waals surface area contributed by atoms with Gasteiger partial charge in [-0.15, -0.1) is 0 Å². The molecule has 0 spiro atoms. The Bertz CT molecular complexity index is 1020. The third kappa shape index (κ3) is 3.40. The van der Waals surface area contributed by atoms with Gasteiger partial charge in [0.1, 0.15) is 17.3 Å². The van der Waals surface area contributed by atoms with Gasteiger partial charge >= 0.3 is 0 Å². The number of hydrogen-bond acceptors (Lipinski definition) is 4. The van der Waals surface area contributed by atoms with Crippen LogP contribution in [0.1, 0.15) is 42.5 Å². The van der Waals surface area contributed by atoms with E-state index in [4.69, 9.17) is 8.83 Å². The van der Waals surface area contributed by atoms with Gasteiger partial charge in [0.25, 0.3) is 5.91 Å². The number of rotatable bonds is 4. The Morgan fingerprint density at radius 3 is 2.14 bits per heavy atom. The van der Waals surface area contributed by atoms with Gasteiger partial charge in [-0.3, -0.25) is 9.69 Å². The molecule has 150 valence electrons. The molecule has 0 radical (unpaired) electrons. The minimum atomic E-state index is -0.270. The summed E-state index contributed by atoms with van der Waals surface area (Å²) >= 11 is 0. The minimum absolute atomic E-state index is 0.144. The van der Waals surface area contributed by atoms with Crippen LogP contribution < -0.4 is 5.32 Å². The lowest BCUT2D eigenvalue weighted by Gasteiger charge is -2.52. The van der Waals surface area contributed by atoms with Gasteiger partial charge in [0.2, 0.25) is 0 Å². The molecule has 5 heteroatoms. The van der Waals surface area contributed by atoms with E-state index in [1.807, 2.05) is 49.4 Å². The Labute approximate surface area is 170 Å². The summed E-state index contributed by atoms with van der Waals surface area (Å²) in [5, 5.41) is 3.22. The molecular weight excluding hydrogens is 364 g/mol. The number of amides is 1. The molecule has 1 N–H and O–H groups in total. The first-order valence-electron chi connectivity index (χ1n) is 10.3. The van der Waals surface area contributed by atoms with Crippen molar-refractivity contribution in [2.24, 2.45) is 5.92 Å². The largest absolute Gasteiger partial charge is 0.461 e. The number of piperidine rings is 3. The van der Waals surface area contributed by atoms with Crippen LogP contribution in [0, 0.1) is 12.8 Å². The highest BCUT2D eigenvalue weighted by atomic mass is 16.4. The van der Waals surface area contributed by atoms with E-state index in [0.717, 1.165) is 42.2 Å². The normalized spacial score (nSPS) is 25.9. The van der Waals surface area contributed by atoms with Crippen LogP contribution in [0.5, 0.6) is 0 Å². The lowest BCUT2D eigenvalue weighted by Crippen LogP contribution is -2.65. The van der Waals surface area contributed by atoms with Gasteiger partial charge in [0.15, 0.2) is 5.76 Å². The zero-order valence-corrected chi connectivity index (χ0v) is 16.9. The summed E-state index contributed by atoms with van der Waals surface area (Å²) in [4.78, 5) is 15.2. The van der Waals surface area contributed by atoms with Gasteiger partial charge in [-0.2, -0.15) is 0 Å². The molecular formula is C24H26N2O3. The zero-order valence-electron chi connectivity index (χ0n) is 16.9. The highest BCUT2D eigenvalue weighted by Crippen LogP contribution is 2.37. The van der Waals surface area contributed by atoms with Crippen LogP contribution >= 0.6 is 0 Å². The van der Waals surface area contributed by atoms with Crippen molar-refractivity contribution in [3.05, 3.63) is 60.1 Å². The maximum atomic E-state index is 12.8. The van der Waals surface area contributed by atoms with Gasteiger partial charge < -0.3 is 14.2 Å². The van der Waals surface area contributed by atoms with Crippen molar-refractivity contribution in [1.82, 2.24) is 10.2 Å². The average Bonchev–Trinajstić information content (AvgIpc) is 3.38. The Balaban J connectivity index is 1.31. The molecule has 5 heterocycles. The Kier molecular flexibility index (Phi) is 4.36. The number of aryl methyl sites for hydroxylation is 1. The van der Waals surface area contributed by atoms with Crippen molar-refractivity contribution in [3.63, 3.8) is 0 Å². The second kappa shape index (κ2) is 6.92. The molecule has 1 amide bonds. The van der Waals surface area contributed by atoms with Crippen molar-refractivity contribution in [1.29, 1.82) is 0 Å². The fourth-order valence-corrected chi connectivity index (χ4v) is 4.76. The number of hydrogen-bond donors (Lipinski definition) is 1. The maximum Gasteiger partial charge on any atom is 0.288 e. The van der Waals surface area contributed by atoms with Crippen molar-refractivity contribution >= 4 is 5.91 Å². The van der Waals surface area contributed by atoms with Crippen molar-refractivity contribution in [3.8, 4) is 22.6 Å². The molecule has 2 aromatic heterocycles. The fraction of sp³-hybridized carbons (Fsp3) is 0.375. The summed E-state index contributed by atoms with van der Waals surface area (Å²) in [5.41, 5.74) is 1.68. The summed E-state index contributed by atoms with van der Waals surface area (Å²) in [6, 6.07) is 15.5. The lowest BCUT2D eigenvalue weighted by molar-refractivity contribution is -0.0351. The smallest absolute Gasteiger partial charge is 0.288 e. The second-order valence-electron chi connectivity index (χ2n) is 8.51. The summed E-state index contributed by atoms with van der Waals surface area (Å²) in [5.74, 6) is 3.35. The highest BCUT2D eigenvalue weighted by Gasteiger charge is 2.43. The van der Waals surface area contributed by atoms with Gasteiger partial charge in [-0.1, -0.05) is 24.3 Å². The molecule has 0 unspecified atom stereocenters. The average molecular weight is 390 g/mol. The third-order valence-electron chi connectivity index (χ3n) is 6.41. The van der Waals surface area contributed by atoms with Gasteiger partial charge in [-0.05, 0) is 63.3 Å². The van der Waals surface area contributed by atoms with E-state index in [-0.39, 0.29) is 11.6 Å². The van der Waals surface area contributed by atoms with Crippen LogP contribution in [0.25, 0.3) is 22.6 Å². The number of nitrogens with zero attached hydrogens (tertiary/aromatic N) is 1. The van der Waals surface area contributed by atoms with Crippen LogP contribution in [0.2, 0.25) is 0 Å². The zero-order chi connectivity index (χ0) is 20.0. The van der Waals surface area contributed by atoms with E-state index in [1.54, 1.807) is 6.07 Å². The molecule has 3 saturated heterocycles. The van der Waals surface area contributed by atoms with E-state index >= 15 is 0 Å². The minimum Gasteiger partial charge on any atom is -0.461 e. The third-order valence-corrected chi connectivity index (χ3v) is 6.41. The molecule has 3 aliphatic heterocycles. The first kappa shape index (κ1) is 18.3. The predicted molar refractivity (Wildman–Crippen MR) is 111 cm³/mol. The molecule has 1 aromatic carbocycles. The predicted octanol–water partition coefficient (Wildman–Crippen LogP) is 5.08. The van der Waals surface area contributed by atoms with Gasteiger partial charge in [0.05, 0.1) is 5.66 Å². The first-order chi connectivity index (χ1) is 14.0. The molecule has 3 aliphatic rings. The molecule has 5 nitrogen and oxygen atoms in total. The molecule has 29 heavy (non-hydrogen) atoms. The fourth-order valence-electron chi connectivity index (χ4n) is 4.76. The number of carbonyl (C=O) groups is 1. The monoisotopic (exact) mass is 390 g/mol. The number of fused-ring (bicyclic) bond motifs is 3. The molecule has 0 aliphatic carbocycles. The van der Waals surface area contributed by atoms with Crippen LogP contribution in [0.15, 0.2) is 57.4 Å². The molecule has 0 saturated carbocycles. The Morgan fingerprint density at radius 2 is 1.59 bits per heavy atom. The summed E-state index contributed by atoms with van der Waals surface area (Å²) in [6.07, 6.45) is 3.49. The van der Waals surface area contributed by atoms with E-state index in [2.05, 4.69) is 17.1 Å². The molecule has 3 aromatic rings. The molecule has 1 atom stereocenters. The van der Waals surface area contributed by atoms with Crippen molar-refractivity contribution < 1.29 is 13.6 Å². The van der Waals surface area contributed by atoms with Gasteiger partial charge in [0, 0.05) is 24.2 Å². The van der Waals surface area contributed by atoms with Crippen LogP contribution in [0.4, 0.5) is 0 Å². The van der Waals surface area contributed by atoms with E-state index in [0.29, 0.717) is 17.4 Å². The SMILES string of the molecule is Cc1ccc(-c2ccc(-c3ccc(C(=O)N[C@]4(C)CC5CCN4CC5)o3)cc2)o1. The quantitative estimate of drug-likeness (QED) is 0.675. The molecule has 3 fully saturated rings. The highest BCUT2D eigenvalue weighted by molar-refractivity contribution is 5.92. The molecule has 6 rings (SSSR count). The van der Waals surface area contributed by atoms with Crippen LogP contribution in [-0.4, -0.2) is 29.6 Å². The van der Waals surface area contributed by atoms with Crippen molar-refractivity contribution in [2.45, 2.75) is 38.8 Å². The van der Waals surface area contributed by atoms with Crippen LogP contribution in [-0.2, 0) is 0 Å². The number of benzene rings is 1. The summed E-state index contributed by atoms with van der Waals surface area (Å²) in [7, 11) is 0. The standard InChI is InChI=1S/C24H26N2O3/c1-16-3-8-20(28-16)18-4-6-19(7-5-18)21-9-10-22(29-21)23(27)25-24(2)15-17-11-13-26(24)14-12-17/h3-10,17H,11-15H2,1-2H3,(H,25,27)/t24-/m0/s1. The van der Waals surface area contributed by atoms with Crippen molar-refractivity contribution in [2.75, 3.05) is 13.1 Å². The molecule has 2 bridgehead atoms. The van der Waals surface area contributed by atoms with E-state index in [9.17, 15) is 4.79 Å². The lowest BCUT2D eigenvalue weighted by atomic mass is 9.80. The number of furan rings is 2. The Morgan fingerprint density at radius 1 is 0.966 bits per heavy atom. The van der Waals surface area contributed by atoms with E-state index < -0.39 is 0 Å². The topological polar surface area (TPSA) is 58.6 Å².